The lowest BCUT2D eigenvalue weighted by Gasteiger charge is -2.31. The molecule has 2 atom stereocenters. The molecule has 9 nitrogen and oxygen atoms in total. The highest BCUT2D eigenvalue weighted by atomic mass is 16.5. The number of fused-ring (bicyclic) bond motifs is 1. The molecule has 2 unspecified atom stereocenters. The van der Waals surface area contributed by atoms with Crippen LogP contribution in [0.3, 0.4) is 0 Å². The molecule has 1 fully saturated rings. The van der Waals surface area contributed by atoms with Crippen molar-refractivity contribution >= 4 is 5.91 Å². The minimum Gasteiger partial charge on any atom is -0.493 e. The summed E-state index contributed by atoms with van der Waals surface area (Å²) in [6.07, 6.45) is 5.41. The molecule has 1 saturated heterocycles. The Balaban J connectivity index is 1.33. The van der Waals surface area contributed by atoms with Crippen molar-refractivity contribution in [1.29, 1.82) is 0 Å². The summed E-state index contributed by atoms with van der Waals surface area (Å²) < 4.78 is 22.3. The van der Waals surface area contributed by atoms with E-state index in [4.69, 9.17) is 23.6 Å². The molecule has 194 valence electrons. The SMILES string of the molecule is CCc1ccc(C2CC3C(=O)N(Cc4nc(-c5cc(OC)c(OC)c(OC)c5)oc4C)C=CN3N2)cc1. The lowest BCUT2D eigenvalue weighted by Crippen LogP contribution is -2.47. The molecule has 2 aliphatic rings. The van der Waals surface area contributed by atoms with Gasteiger partial charge in [-0.15, -0.1) is 0 Å². The highest BCUT2D eigenvalue weighted by Crippen LogP contribution is 2.41. The summed E-state index contributed by atoms with van der Waals surface area (Å²) in [4.78, 5) is 19.8. The summed E-state index contributed by atoms with van der Waals surface area (Å²) >= 11 is 0. The molecule has 0 saturated carbocycles. The predicted octanol–water partition coefficient (Wildman–Crippen LogP) is 4.37. The first-order valence-corrected chi connectivity index (χ1v) is 12.3. The molecule has 0 bridgehead atoms. The normalized spacial score (nSPS) is 18.8. The van der Waals surface area contributed by atoms with Gasteiger partial charge in [0, 0.05) is 18.0 Å². The molecule has 1 amide bonds. The van der Waals surface area contributed by atoms with Crippen LogP contribution in [-0.4, -0.2) is 48.2 Å². The van der Waals surface area contributed by atoms with Crippen molar-refractivity contribution in [2.24, 2.45) is 0 Å². The molecule has 0 spiro atoms. The maximum atomic E-state index is 13.4. The van der Waals surface area contributed by atoms with Crippen LogP contribution in [0, 0.1) is 6.92 Å². The van der Waals surface area contributed by atoms with Crippen LogP contribution in [0.2, 0.25) is 0 Å². The van der Waals surface area contributed by atoms with Gasteiger partial charge in [-0.1, -0.05) is 31.2 Å². The summed E-state index contributed by atoms with van der Waals surface area (Å²) in [5.41, 5.74) is 7.32. The predicted molar refractivity (Wildman–Crippen MR) is 138 cm³/mol. The molecule has 3 aromatic rings. The summed E-state index contributed by atoms with van der Waals surface area (Å²) in [5.74, 6) is 2.60. The highest BCUT2D eigenvalue weighted by Gasteiger charge is 2.40. The molecule has 0 aliphatic carbocycles. The number of aryl methyl sites for hydroxylation is 2. The first-order chi connectivity index (χ1) is 17.9. The first kappa shape index (κ1) is 24.7. The number of carbonyl (C=O) groups is 1. The van der Waals surface area contributed by atoms with Crippen molar-refractivity contribution in [1.82, 2.24) is 20.3 Å². The second-order valence-corrected chi connectivity index (χ2v) is 9.14. The third-order valence-electron chi connectivity index (χ3n) is 6.99. The van der Waals surface area contributed by atoms with Crippen molar-refractivity contribution in [3.8, 4) is 28.7 Å². The molecule has 3 heterocycles. The fourth-order valence-corrected chi connectivity index (χ4v) is 4.83. The fraction of sp³-hybridized carbons (Fsp3) is 0.357. The van der Waals surface area contributed by atoms with Crippen molar-refractivity contribution in [3.05, 3.63) is 71.4 Å². The number of aromatic nitrogens is 1. The fourth-order valence-electron chi connectivity index (χ4n) is 4.83. The van der Waals surface area contributed by atoms with Gasteiger partial charge in [0.15, 0.2) is 11.5 Å². The van der Waals surface area contributed by atoms with Gasteiger partial charge in [-0.3, -0.25) is 4.79 Å². The lowest BCUT2D eigenvalue weighted by atomic mass is 9.99. The summed E-state index contributed by atoms with van der Waals surface area (Å²) in [6, 6.07) is 12.0. The molecule has 37 heavy (non-hydrogen) atoms. The van der Waals surface area contributed by atoms with Gasteiger partial charge in [0.2, 0.25) is 11.6 Å². The molecule has 9 heteroatoms. The summed E-state index contributed by atoms with van der Waals surface area (Å²) in [6.45, 7) is 4.31. The van der Waals surface area contributed by atoms with Crippen LogP contribution in [0.15, 0.2) is 53.2 Å². The Morgan fingerprint density at radius 1 is 1.05 bits per heavy atom. The zero-order chi connectivity index (χ0) is 26.1. The number of carbonyl (C=O) groups excluding carboxylic acids is 1. The Hall–Kier alpha value is -3.98. The average Bonchev–Trinajstić information content (AvgIpc) is 3.53. The van der Waals surface area contributed by atoms with Gasteiger partial charge in [-0.05, 0) is 43.0 Å². The van der Waals surface area contributed by atoms with Gasteiger partial charge in [0.05, 0.1) is 33.9 Å². The molecule has 1 aromatic heterocycles. The van der Waals surface area contributed by atoms with Gasteiger partial charge >= 0.3 is 0 Å². The smallest absolute Gasteiger partial charge is 0.251 e. The molecule has 5 rings (SSSR count). The Morgan fingerprint density at radius 2 is 1.76 bits per heavy atom. The van der Waals surface area contributed by atoms with Crippen molar-refractivity contribution in [2.45, 2.75) is 45.3 Å². The number of nitrogens with zero attached hydrogens (tertiary/aromatic N) is 3. The number of amides is 1. The third kappa shape index (κ3) is 4.62. The van der Waals surface area contributed by atoms with E-state index in [0.717, 1.165) is 6.42 Å². The molecule has 2 aromatic carbocycles. The van der Waals surface area contributed by atoms with E-state index in [1.807, 2.05) is 18.1 Å². The van der Waals surface area contributed by atoms with Gasteiger partial charge < -0.3 is 28.5 Å². The van der Waals surface area contributed by atoms with Crippen LogP contribution in [0.5, 0.6) is 17.2 Å². The van der Waals surface area contributed by atoms with E-state index in [-0.39, 0.29) is 18.0 Å². The lowest BCUT2D eigenvalue weighted by molar-refractivity contribution is -0.135. The molecule has 2 aliphatic heterocycles. The molecular weight excluding hydrogens is 472 g/mol. The number of hydrogen-bond acceptors (Lipinski definition) is 8. The molecule has 1 N–H and O–H groups in total. The van der Waals surface area contributed by atoms with Crippen LogP contribution < -0.4 is 19.6 Å². The summed E-state index contributed by atoms with van der Waals surface area (Å²) in [5, 5.41) is 1.91. The third-order valence-corrected chi connectivity index (χ3v) is 6.99. The van der Waals surface area contributed by atoms with E-state index >= 15 is 0 Å². The van der Waals surface area contributed by atoms with E-state index < -0.39 is 0 Å². The minimum atomic E-state index is -0.275. The monoisotopic (exact) mass is 504 g/mol. The Bertz CT molecular complexity index is 1290. The second-order valence-electron chi connectivity index (χ2n) is 9.14. The van der Waals surface area contributed by atoms with Gasteiger partial charge in [-0.2, -0.15) is 0 Å². The van der Waals surface area contributed by atoms with Gasteiger partial charge in [0.25, 0.3) is 5.91 Å². The number of nitrogens with one attached hydrogen (secondary N) is 1. The second kappa shape index (κ2) is 10.2. The van der Waals surface area contributed by atoms with Crippen LogP contribution in [0.25, 0.3) is 11.5 Å². The Labute approximate surface area is 216 Å². The van der Waals surface area contributed by atoms with Crippen LogP contribution in [0.4, 0.5) is 0 Å². The Kier molecular flexibility index (Phi) is 6.80. The summed E-state index contributed by atoms with van der Waals surface area (Å²) in [7, 11) is 4.68. The number of benzene rings is 2. The number of hydrazine groups is 1. The maximum absolute atomic E-state index is 13.4. The highest BCUT2D eigenvalue weighted by molar-refractivity contribution is 5.84. The first-order valence-electron chi connectivity index (χ1n) is 12.3. The quantitative estimate of drug-likeness (QED) is 0.484. The standard InChI is InChI=1S/C28H32N4O5/c1-6-18-7-9-19(10-8-18)21-15-23-28(33)31(11-12-32(23)30-21)16-22-17(2)37-27(29-22)20-13-24(34-3)26(36-5)25(14-20)35-4/h7-14,21,23,30H,6,15-16H2,1-5H3. The topological polar surface area (TPSA) is 89.3 Å². The maximum Gasteiger partial charge on any atom is 0.251 e. The Morgan fingerprint density at radius 3 is 2.38 bits per heavy atom. The van der Waals surface area contributed by atoms with E-state index in [2.05, 4.69) is 36.6 Å². The van der Waals surface area contributed by atoms with Crippen LogP contribution in [0.1, 0.15) is 42.0 Å². The number of ether oxygens (including phenoxy) is 3. The van der Waals surface area contributed by atoms with Crippen LogP contribution in [-0.2, 0) is 17.8 Å². The zero-order valence-corrected chi connectivity index (χ0v) is 21.8. The van der Waals surface area contributed by atoms with Crippen LogP contribution >= 0.6 is 0 Å². The van der Waals surface area contributed by atoms with Crippen molar-refractivity contribution < 1.29 is 23.4 Å². The van der Waals surface area contributed by atoms with Gasteiger partial charge in [0.1, 0.15) is 17.5 Å². The van der Waals surface area contributed by atoms with E-state index in [1.165, 1.54) is 11.1 Å². The van der Waals surface area contributed by atoms with E-state index in [1.54, 1.807) is 44.6 Å². The van der Waals surface area contributed by atoms with Gasteiger partial charge in [-0.25, -0.2) is 10.4 Å². The minimum absolute atomic E-state index is 0.0272. The van der Waals surface area contributed by atoms with Crippen molar-refractivity contribution in [3.63, 3.8) is 0 Å². The molecule has 0 radical (unpaired) electrons. The number of hydrogen-bond donors (Lipinski definition) is 1. The van der Waals surface area contributed by atoms with E-state index in [0.29, 0.717) is 53.1 Å². The average molecular weight is 505 g/mol. The number of rotatable bonds is 8. The van der Waals surface area contributed by atoms with E-state index in [9.17, 15) is 4.79 Å². The van der Waals surface area contributed by atoms with Crippen molar-refractivity contribution in [2.75, 3.05) is 21.3 Å². The molecular formula is C28H32N4O5. The number of methoxy groups -OCH3 is 3. The zero-order valence-electron chi connectivity index (χ0n) is 21.8. The largest absolute Gasteiger partial charge is 0.493 e. The number of oxazole rings is 1.